The molecule has 0 saturated carbocycles. The smallest absolute Gasteiger partial charge is 0.330 e. The molecule has 27 heavy (non-hydrogen) atoms. The SMILES string of the molecule is Cc1ccc(C(NC(=O)CN(C)S(=O)(=O)c2ccccc2)C(=O)O)cc1C. The first kappa shape index (κ1) is 20.6. The third-order valence-corrected chi connectivity index (χ3v) is 6.05. The van der Waals surface area contributed by atoms with Gasteiger partial charge < -0.3 is 10.4 Å². The molecule has 8 heteroatoms. The zero-order valence-electron chi connectivity index (χ0n) is 15.3. The Bertz CT molecular complexity index is 942. The fraction of sp³-hybridized carbons (Fsp3) is 0.263. The number of benzene rings is 2. The lowest BCUT2D eigenvalue weighted by atomic mass is 10.0. The Morgan fingerprint density at radius 2 is 1.70 bits per heavy atom. The van der Waals surface area contributed by atoms with Crippen molar-refractivity contribution in [1.82, 2.24) is 9.62 Å². The van der Waals surface area contributed by atoms with Gasteiger partial charge in [0.15, 0.2) is 6.04 Å². The van der Waals surface area contributed by atoms with Gasteiger partial charge in [0, 0.05) is 7.05 Å². The summed E-state index contributed by atoms with van der Waals surface area (Å²) in [6.45, 7) is 3.25. The number of nitrogens with one attached hydrogen (secondary N) is 1. The van der Waals surface area contributed by atoms with Gasteiger partial charge in [0.1, 0.15) is 0 Å². The summed E-state index contributed by atoms with van der Waals surface area (Å²) in [5.41, 5.74) is 2.33. The van der Waals surface area contributed by atoms with Crippen molar-refractivity contribution in [2.45, 2.75) is 24.8 Å². The van der Waals surface area contributed by atoms with Crippen molar-refractivity contribution in [1.29, 1.82) is 0 Å². The molecule has 0 radical (unpaired) electrons. The van der Waals surface area contributed by atoms with Crippen LogP contribution in [0.5, 0.6) is 0 Å². The van der Waals surface area contributed by atoms with Gasteiger partial charge in [-0.3, -0.25) is 4.79 Å². The van der Waals surface area contributed by atoms with Gasteiger partial charge >= 0.3 is 5.97 Å². The van der Waals surface area contributed by atoms with E-state index in [1.54, 1.807) is 36.4 Å². The fourth-order valence-corrected chi connectivity index (χ4v) is 3.65. The van der Waals surface area contributed by atoms with Crippen LogP contribution >= 0.6 is 0 Å². The minimum absolute atomic E-state index is 0.0595. The third-order valence-electron chi connectivity index (χ3n) is 4.23. The van der Waals surface area contributed by atoms with E-state index >= 15 is 0 Å². The highest BCUT2D eigenvalue weighted by Crippen LogP contribution is 2.18. The predicted molar refractivity (Wildman–Crippen MR) is 101 cm³/mol. The Kier molecular flexibility index (Phi) is 6.35. The number of carbonyl (C=O) groups excluding carboxylic acids is 1. The van der Waals surface area contributed by atoms with Crippen molar-refractivity contribution in [3.05, 3.63) is 65.2 Å². The first-order valence-corrected chi connectivity index (χ1v) is 9.67. The van der Waals surface area contributed by atoms with Gasteiger partial charge in [0.05, 0.1) is 11.4 Å². The van der Waals surface area contributed by atoms with E-state index in [-0.39, 0.29) is 4.90 Å². The highest BCUT2D eigenvalue weighted by atomic mass is 32.2. The van der Waals surface area contributed by atoms with E-state index in [4.69, 9.17) is 0 Å². The topological polar surface area (TPSA) is 104 Å². The van der Waals surface area contributed by atoms with Crippen LogP contribution in [-0.2, 0) is 19.6 Å². The monoisotopic (exact) mass is 390 g/mol. The van der Waals surface area contributed by atoms with E-state index in [2.05, 4.69) is 5.32 Å². The molecule has 2 rings (SSSR count). The highest BCUT2D eigenvalue weighted by molar-refractivity contribution is 7.89. The van der Waals surface area contributed by atoms with Crippen LogP contribution in [0, 0.1) is 13.8 Å². The minimum Gasteiger partial charge on any atom is -0.479 e. The zero-order chi connectivity index (χ0) is 20.2. The maximum absolute atomic E-state index is 12.5. The summed E-state index contributed by atoms with van der Waals surface area (Å²) in [5, 5.41) is 11.9. The predicted octanol–water partition coefficient (Wildman–Crippen LogP) is 1.87. The molecular weight excluding hydrogens is 368 g/mol. The van der Waals surface area contributed by atoms with Crippen LogP contribution in [0.1, 0.15) is 22.7 Å². The van der Waals surface area contributed by atoms with E-state index in [9.17, 15) is 23.1 Å². The molecule has 0 bridgehead atoms. The number of carbonyl (C=O) groups is 2. The van der Waals surface area contributed by atoms with Crippen molar-refractivity contribution in [3.8, 4) is 0 Å². The number of aliphatic carboxylic acids is 1. The van der Waals surface area contributed by atoms with Crippen LogP contribution in [0.25, 0.3) is 0 Å². The lowest BCUT2D eigenvalue weighted by Gasteiger charge is -2.20. The lowest BCUT2D eigenvalue weighted by Crippen LogP contribution is -2.41. The number of rotatable bonds is 7. The van der Waals surface area contributed by atoms with Gasteiger partial charge in [-0.15, -0.1) is 0 Å². The molecule has 144 valence electrons. The van der Waals surface area contributed by atoms with Gasteiger partial charge in [-0.25, -0.2) is 13.2 Å². The molecule has 1 amide bonds. The van der Waals surface area contributed by atoms with Crippen molar-refractivity contribution in [2.75, 3.05) is 13.6 Å². The number of hydrogen-bond donors (Lipinski definition) is 2. The van der Waals surface area contributed by atoms with E-state index in [0.29, 0.717) is 5.56 Å². The van der Waals surface area contributed by atoms with Gasteiger partial charge in [0.25, 0.3) is 0 Å². The van der Waals surface area contributed by atoms with E-state index in [0.717, 1.165) is 15.4 Å². The summed E-state index contributed by atoms with van der Waals surface area (Å²) in [4.78, 5) is 23.9. The van der Waals surface area contributed by atoms with Crippen molar-refractivity contribution in [2.24, 2.45) is 0 Å². The fourth-order valence-electron chi connectivity index (χ4n) is 2.50. The number of hydrogen-bond acceptors (Lipinski definition) is 4. The Labute approximate surface area is 158 Å². The number of sulfonamides is 1. The standard InChI is InChI=1S/C19H22N2O5S/c1-13-9-10-15(11-14(13)2)18(19(23)24)20-17(22)12-21(3)27(25,26)16-7-5-4-6-8-16/h4-11,18H,12H2,1-3H3,(H,20,22)(H,23,24). The van der Waals surface area contributed by atoms with Crippen LogP contribution in [0.2, 0.25) is 0 Å². The van der Waals surface area contributed by atoms with Gasteiger partial charge in [-0.05, 0) is 42.7 Å². The Morgan fingerprint density at radius 3 is 2.26 bits per heavy atom. The number of carboxylic acids is 1. The summed E-state index contributed by atoms with van der Waals surface area (Å²) in [7, 11) is -2.57. The first-order valence-electron chi connectivity index (χ1n) is 8.23. The molecule has 0 saturated heterocycles. The highest BCUT2D eigenvalue weighted by Gasteiger charge is 2.26. The van der Waals surface area contributed by atoms with Crippen molar-refractivity contribution in [3.63, 3.8) is 0 Å². The quantitative estimate of drug-likeness (QED) is 0.751. The third kappa shape index (κ3) is 4.93. The Morgan fingerprint density at radius 1 is 1.07 bits per heavy atom. The lowest BCUT2D eigenvalue weighted by molar-refractivity contribution is -0.142. The second kappa shape index (κ2) is 8.32. The van der Waals surface area contributed by atoms with Crippen LogP contribution < -0.4 is 5.32 Å². The molecule has 0 fully saturated rings. The molecular formula is C19H22N2O5S. The number of carboxylic acid groups (broad SMARTS) is 1. The normalized spacial score (nSPS) is 12.6. The summed E-state index contributed by atoms with van der Waals surface area (Å²) in [6.07, 6.45) is 0. The summed E-state index contributed by atoms with van der Waals surface area (Å²) in [6, 6.07) is 11.6. The van der Waals surface area contributed by atoms with Gasteiger partial charge in [0.2, 0.25) is 15.9 Å². The number of aryl methyl sites for hydroxylation is 2. The molecule has 0 spiro atoms. The summed E-state index contributed by atoms with van der Waals surface area (Å²) >= 11 is 0. The molecule has 0 aliphatic rings. The van der Waals surface area contributed by atoms with Crippen LogP contribution in [0.15, 0.2) is 53.4 Å². The van der Waals surface area contributed by atoms with E-state index in [1.165, 1.54) is 19.2 Å². The van der Waals surface area contributed by atoms with Crippen molar-refractivity contribution >= 4 is 21.9 Å². The maximum atomic E-state index is 12.5. The molecule has 7 nitrogen and oxygen atoms in total. The van der Waals surface area contributed by atoms with Crippen LogP contribution in [0.3, 0.4) is 0 Å². The molecule has 1 unspecified atom stereocenters. The van der Waals surface area contributed by atoms with Crippen molar-refractivity contribution < 1.29 is 23.1 Å². The molecule has 0 aliphatic carbocycles. The van der Waals surface area contributed by atoms with E-state index in [1.807, 2.05) is 13.8 Å². The average Bonchev–Trinajstić information content (AvgIpc) is 2.62. The first-order chi connectivity index (χ1) is 12.6. The number of nitrogens with zero attached hydrogens (tertiary/aromatic N) is 1. The van der Waals surface area contributed by atoms with Crippen LogP contribution in [0.4, 0.5) is 0 Å². The Balaban J connectivity index is 2.14. The van der Waals surface area contributed by atoms with E-state index < -0.39 is 34.5 Å². The number of amides is 1. The maximum Gasteiger partial charge on any atom is 0.330 e. The molecule has 2 aromatic carbocycles. The minimum atomic E-state index is -3.84. The number of likely N-dealkylation sites (N-methyl/N-ethyl adjacent to an activating group) is 1. The second-order valence-corrected chi connectivity index (χ2v) is 8.30. The summed E-state index contributed by atoms with van der Waals surface area (Å²) in [5.74, 6) is -1.93. The molecule has 0 heterocycles. The molecule has 1 atom stereocenters. The molecule has 0 aromatic heterocycles. The van der Waals surface area contributed by atoms with Crippen LogP contribution in [-0.4, -0.2) is 43.3 Å². The summed E-state index contributed by atoms with van der Waals surface area (Å²) < 4.78 is 25.8. The zero-order valence-corrected chi connectivity index (χ0v) is 16.2. The van der Waals surface area contributed by atoms with Gasteiger partial charge in [-0.2, -0.15) is 4.31 Å². The molecule has 0 aliphatic heterocycles. The van der Waals surface area contributed by atoms with Gasteiger partial charge in [-0.1, -0.05) is 36.4 Å². The molecule has 2 N–H and O–H groups in total. The second-order valence-electron chi connectivity index (χ2n) is 6.26. The molecule has 2 aromatic rings. The largest absolute Gasteiger partial charge is 0.479 e. The average molecular weight is 390 g/mol. The Hall–Kier alpha value is -2.71.